The zero-order valence-corrected chi connectivity index (χ0v) is 19.1. The average molecular weight is 433 g/mol. The van der Waals surface area contributed by atoms with Crippen molar-refractivity contribution in [3.8, 4) is 0 Å². The summed E-state index contributed by atoms with van der Waals surface area (Å²) in [6, 6.07) is 0.593. The number of fused-ring (bicyclic) bond motifs is 1. The van der Waals surface area contributed by atoms with Crippen LogP contribution in [0.25, 0.3) is 11.2 Å². The first-order chi connectivity index (χ1) is 15.7. The van der Waals surface area contributed by atoms with Gasteiger partial charge in [-0.2, -0.15) is 5.10 Å². The predicted octanol–water partition coefficient (Wildman–Crippen LogP) is 5.25. The SMILES string of the molecule is Cc1nc2nc([C@H]3CCO[C@@H](c4cnn(C5CC5)c4)C3)nc(C3CCCCC3)c2nc1C. The van der Waals surface area contributed by atoms with Gasteiger partial charge in [-0.1, -0.05) is 19.3 Å². The first-order valence-electron chi connectivity index (χ1n) is 12.3. The molecule has 6 rings (SSSR count). The Morgan fingerprint density at radius 3 is 2.50 bits per heavy atom. The van der Waals surface area contributed by atoms with Crippen LogP contribution in [-0.4, -0.2) is 36.3 Å². The summed E-state index contributed by atoms with van der Waals surface area (Å²) >= 11 is 0. The second-order valence-electron chi connectivity index (χ2n) is 9.93. The molecule has 0 unspecified atom stereocenters. The first kappa shape index (κ1) is 20.2. The van der Waals surface area contributed by atoms with Gasteiger partial charge in [0.05, 0.1) is 35.4 Å². The monoisotopic (exact) mass is 432 g/mol. The minimum atomic E-state index is 0.0597. The third-order valence-corrected chi connectivity index (χ3v) is 7.54. The lowest BCUT2D eigenvalue weighted by Gasteiger charge is -2.29. The molecule has 2 aliphatic carbocycles. The maximum atomic E-state index is 6.16. The molecule has 0 aromatic carbocycles. The highest BCUT2D eigenvalue weighted by atomic mass is 16.5. The van der Waals surface area contributed by atoms with Crippen molar-refractivity contribution in [2.75, 3.05) is 6.61 Å². The fourth-order valence-corrected chi connectivity index (χ4v) is 5.32. The highest BCUT2D eigenvalue weighted by Gasteiger charge is 2.31. The summed E-state index contributed by atoms with van der Waals surface area (Å²) in [4.78, 5) is 19.9. The third-order valence-electron chi connectivity index (χ3n) is 7.54. The Bertz CT molecular complexity index is 1130. The van der Waals surface area contributed by atoms with E-state index in [-0.39, 0.29) is 12.0 Å². The van der Waals surface area contributed by atoms with Crippen LogP contribution in [-0.2, 0) is 4.74 Å². The third kappa shape index (κ3) is 3.81. The van der Waals surface area contributed by atoms with E-state index in [2.05, 4.69) is 16.0 Å². The number of hydrogen-bond donors (Lipinski definition) is 0. The van der Waals surface area contributed by atoms with Gasteiger partial charge in [-0.15, -0.1) is 0 Å². The van der Waals surface area contributed by atoms with Crippen LogP contribution in [0.3, 0.4) is 0 Å². The second-order valence-corrected chi connectivity index (χ2v) is 9.93. The largest absolute Gasteiger partial charge is 0.373 e. The maximum absolute atomic E-state index is 6.16. The Balaban J connectivity index is 1.34. The van der Waals surface area contributed by atoms with Gasteiger partial charge in [0.2, 0.25) is 0 Å². The summed E-state index contributed by atoms with van der Waals surface area (Å²) in [5, 5.41) is 4.57. The van der Waals surface area contributed by atoms with Crippen LogP contribution in [0.15, 0.2) is 12.4 Å². The second kappa shape index (κ2) is 8.18. The fraction of sp³-hybridized carbons (Fsp3) is 0.640. The first-order valence-corrected chi connectivity index (χ1v) is 12.3. The van der Waals surface area contributed by atoms with Crippen molar-refractivity contribution in [2.45, 2.75) is 95.6 Å². The molecular formula is C25H32N6O. The van der Waals surface area contributed by atoms with Gasteiger partial charge in [-0.3, -0.25) is 4.68 Å². The van der Waals surface area contributed by atoms with E-state index in [4.69, 9.17) is 24.7 Å². The Hall–Kier alpha value is -2.41. The van der Waals surface area contributed by atoms with E-state index in [0.717, 1.165) is 53.5 Å². The molecule has 1 aliphatic heterocycles. The fourth-order valence-electron chi connectivity index (χ4n) is 5.32. The predicted molar refractivity (Wildman–Crippen MR) is 122 cm³/mol. The quantitative estimate of drug-likeness (QED) is 0.560. The van der Waals surface area contributed by atoms with Crippen LogP contribution in [0.1, 0.15) is 110 Å². The van der Waals surface area contributed by atoms with Gasteiger partial charge in [0.25, 0.3) is 0 Å². The van der Waals surface area contributed by atoms with Gasteiger partial charge >= 0.3 is 0 Å². The summed E-state index contributed by atoms with van der Waals surface area (Å²) in [7, 11) is 0. The Morgan fingerprint density at radius 2 is 1.69 bits per heavy atom. The van der Waals surface area contributed by atoms with Crippen molar-refractivity contribution < 1.29 is 4.74 Å². The number of aromatic nitrogens is 6. The summed E-state index contributed by atoms with van der Waals surface area (Å²) in [5.41, 5.74) is 5.92. The summed E-state index contributed by atoms with van der Waals surface area (Å²) in [6.45, 7) is 4.78. The van der Waals surface area contributed by atoms with E-state index < -0.39 is 0 Å². The molecule has 2 saturated carbocycles. The molecule has 3 aromatic heterocycles. The van der Waals surface area contributed by atoms with Crippen LogP contribution in [0.4, 0.5) is 0 Å². The van der Waals surface area contributed by atoms with Crippen LogP contribution in [0.2, 0.25) is 0 Å². The number of rotatable bonds is 4. The van der Waals surface area contributed by atoms with E-state index >= 15 is 0 Å². The Kier molecular flexibility index (Phi) is 5.17. The Morgan fingerprint density at radius 1 is 0.875 bits per heavy atom. The van der Waals surface area contributed by atoms with Crippen LogP contribution < -0.4 is 0 Å². The van der Waals surface area contributed by atoms with Crippen molar-refractivity contribution in [1.82, 2.24) is 29.7 Å². The van der Waals surface area contributed by atoms with Gasteiger partial charge in [0, 0.05) is 30.2 Å². The van der Waals surface area contributed by atoms with Crippen LogP contribution in [0.5, 0.6) is 0 Å². The molecule has 7 heteroatoms. The summed E-state index contributed by atoms with van der Waals surface area (Å²) in [6.07, 6.45) is 14.8. The molecule has 0 amide bonds. The van der Waals surface area contributed by atoms with Crippen molar-refractivity contribution in [3.05, 3.63) is 40.9 Å². The zero-order chi connectivity index (χ0) is 21.7. The van der Waals surface area contributed by atoms with Crippen LogP contribution in [0, 0.1) is 13.8 Å². The molecule has 3 aliphatic rings. The number of hydrogen-bond acceptors (Lipinski definition) is 6. The van der Waals surface area contributed by atoms with Crippen LogP contribution >= 0.6 is 0 Å². The van der Waals surface area contributed by atoms with E-state index in [1.165, 1.54) is 50.5 Å². The number of nitrogens with zero attached hydrogens (tertiary/aromatic N) is 6. The maximum Gasteiger partial charge on any atom is 0.182 e. The zero-order valence-electron chi connectivity index (χ0n) is 19.1. The van der Waals surface area contributed by atoms with Gasteiger partial charge in [-0.05, 0) is 52.4 Å². The molecule has 0 radical (unpaired) electrons. The lowest BCUT2D eigenvalue weighted by molar-refractivity contribution is 0.00390. The lowest BCUT2D eigenvalue weighted by atomic mass is 9.86. The molecule has 168 valence electrons. The van der Waals surface area contributed by atoms with Crippen molar-refractivity contribution in [1.29, 1.82) is 0 Å². The van der Waals surface area contributed by atoms with Crippen molar-refractivity contribution in [2.24, 2.45) is 0 Å². The van der Waals surface area contributed by atoms with E-state index in [9.17, 15) is 0 Å². The molecule has 7 nitrogen and oxygen atoms in total. The van der Waals surface area contributed by atoms with E-state index in [1.54, 1.807) is 0 Å². The van der Waals surface area contributed by atoms with Crippen molar-refractivity contribution in [3.63, 3.8) is 0 Å². The van der Waals surface area contributed by atoms with E-state index in [1.807, 2.05) is 20.0 Å². The Labute approximate surface area is 189 Å². The highest BCUT2D eigenvalue weighted by molar-refractivity contribution is 5.73. The van der Waals surface area contributed by atoms with Crippen molar-refractivity contribution >= 4 is 11.2 Å². The lowest BCUT2D eigenvalue weighted by Crippen LogP contribution is -2.21. The van der Waals surface area contributed by atoms with Gasteiger partial charge < -0.3 is 4.74 Å². The molecular weight excluding hydrogens is 400 g/mol. The van der Waals surface area contributed by atoms with E-state index in [0.29, 0.717) is 12.0 Å². The minimum absolute atomic E-state index is 0.0597. The molecule has 2 atom stereocenters. The molecule has 4 heterocycles. The standard InChI is InChI=1S/C25H32N6O/c1-15-16(2)28-25-23(27-15)22(17-6-4-3-5-7-17)29-24(30-25)18-10-11-32-21(12-18)19-13-26-31(14-19)20-8-9-20/h13-14,17-18,20-21H,3-12H2,1-2H3/t18-,21+/m0/s1. The smallest absolute Gasteiger partial charge is 0.182 e. The number of ether oxygens (including phenoxy) is 1. The van der Waals surface area contributed by atoms with Gasteiger partial charge in [-0.25, -0.2) is 19.9 Å². The topological polar surface area (TPSA) is 78.6 Å². The molecule has 0 N–H and O–H groups in total. The minimum Gasteiger partial charge on any atom is -0.373 e. The molecule has 3 aromatic rings. The molecule has 3 fully saturated rings. The summed E-state index contributed by atoms with van der Waals surface area (Å²) < 4.78 is 8.27. The van der Waals surface area contributed by atoms with Gasteiger partial charge in [0.1, 0.15) is 11.3 Å². The summed E-state index contributed by atoms with van der Waals surface area (Å²) in [5.74, 6) is 1.67. The molecule has 0 bridgehead atoms. The van der Waals surface area contributed by atoms with Gasteiger partial charge in [0.15, 0.2) is 5.65 Å². The highest BCUT2D eigenvalue weighted by Crippen LogP contribution is 2.40. The average Bonchev–Trinajstić information content (AvgIpc) is 3.56. The molecule has 32 heavy (non-hydrogen) atoms. The number of aryl methyl sites for hydroxylation is 2. The normalized spacial score (nSPS) is 24.8. The molecule has 0 spiro atoms. The molecule has 1 saturated heterocycles.